The lowest BCUT2D eigenvalue weighted by atomic mass is 10.1. The lowest BCUT2D eigenvalue weighted by molar-refractivity contribution is 0.553. The van der Waals surface area contributed by atoms with Gasteiger partial charge in [-0.05, 0) is 19.3 Å². The van der Waals surface area contributed by atoms with Crippen molar-refractivity contribution in [1.29, 1.82) is 0 Å². The van der Waals surface area contributed by atoms with Gasteiger partial charge in [-0.3, -0.25) is 0 Å². The van der Waals surface area contributed by atoms with Crippen molar-refractivity contribution < 1.29 is 4.79 Å². The van der Waals surface area contributed by atoms with E-state index < -0.39 is 0 Å². The van der Waals surface area contributed by atoms with Gasteiger partial charge < -0.3 is 0 Å². The van der Waals surface area contributed by atoms with Crippen LogP contribution >= 0.6 is 0 Å². The first-order chi connectivity index (χ1) is 5.85. The topological polar surface area (TPSA) is 29.4 Å². The molecule has 0 aliphatic carbocycles. The SMILES string of the molecule is C=CCC=CCC(CC)N=C=O. The molecule has 66 valence electrons. The quantitative estimate of drug-likeness (QED) is 0.338. The number of rotatable bonds is 6. The summed E-state index contributed by atoms with van der Waals surface area (Å²) in [6.07, 6.45) is 10.0. The molecule has 0 saturated carbocycles. The Hall–Kier alpha value is -1.14. The smallest absolute Gasteiger partial charge is 0.211 e. The van der Waals surface area contributed by atoms with Crippen LogP contribution in [-0.2, 0) is 4.79 Å². The van der Waals surface area contributed by atoms with E-state index in [2.05, 4.69) is 11.6 Å². The van der Waals surface area contributed by atoms with Crippen LogP contribution in [0, 0.1) is 0 Å². The van der Waals surface area contributed by atoms with Crippen LogP contribution in [0.1, 0.15) is 26.2 Å². The standard InChI is InChI=1S/C10H15NO/c1-3-5-6-7-8-10(4-2)11-9-12/h3,6-7,10H,1,4-5,8H2,2H3. The molecule has 1 unspecified atom stereocenters. The molecular formula is C10H15NO. The van der Waals surface area contributed by atoms with Crippen molar-refractivity contribution in [2.45, 2.75) is 32.2 Å². The molecule has 0 aromatic carbocycles. The van der Waals surface area contributed by atoms with Gasteiger partial charge in [0.05, 0.1) is 6.04 Å². The summed E-state index contributed by atoms with van der Waals surface area (Å²) < 4.78 is 0. The van der Waals surface area contributed by atoms with E-state index >= 15 is 0 Å². The number of isocyanates is 1. The van der Waals surface area contributed by atoms with Crippen molar-refractivity contribution >= 4 is 6.08 Å². The third-order valence-corrected chi connectivity index (χ3v) is 1.58. The Kier molecular flexibility index (Phi) is 7.21. The summed E-state index contributed by atoms with van der Waals surface area (Å²) in [6, 6.07) is 0.101. The largest absolute Gasteiger partial charge is 0.235 e. The average Bonchev–Trinajstić information content (AvgIpc) is 2.10. The van der Waals surface area contributed by atoms with Crippen LogP contribution in [0.5, 0.6) is 0 Å². The molecule has 2 heteroatoms. The molecule has 0 aliphatic rings. The Labute approximate surface area is 73.7 Å². The number of aliphatic imine (C=N–C) groups is 1. The fourth-order valence-corrected chi connectivity index (χ4v) is 0.831. The molecule has 2 nitrogen and oxygen atoms in total. The van der Waals surface area contributed by atoms with Crippen molar-refractivity contribution in [3.8, 4) is 0 Å². The summed E-state index contributed by atoms with van der Waals surface area (Å²) in [5.41, 5.74) is 0. The minimum absolute atomic E-state index is 0.101. The molecule has 12 heavy (non-hydrogen) atoms. The summed E-state index contributed by atoms with van der Waals surface area (Å²) in [5.74, 6) is 0. The van der Waals surface area contributed by atoms with Gasteiger partial charge in [0.25, 0.3) is 0 Å². The maximum atomic E-state index is 9.93. The summed E-state index contributed by atoms with van der Waals surface area (Å²) in [4.78, 5) is 13.6. The van der Waals surface area contributed by atoms with E-state index in [9.17, 15) is 4.79 Å². The van der Waals surface area contributed by atoms with Gasteiger partial charge in [-0.15, -0.1) is 6.58 Å². The molecule has 0 saturated heterocycles. The lowest BCUT2D eigenvalue weighted by Crippen LogP contribution is -1.99. The van der Waals surface area contributed by atoms with Gasteiger partial charge in [0, 0.05) is 0 Å². The zero-order valence-corrected chi connectivity index (χ0v) is 7.49. The van der Waals surface area contributed by atoms with E-state index in [0.717, 1.165) is 19.3 Å². The van der Waals surface area contributed by atoms with Crippen molar-refractivity contribution in [3.05, 3.63) is 24.8 Å². The van der Waals surface area contributed by atoms with Crippen LogP contribution in [-0.4, -0.2) is 12.1 Å². The van der Waals surface area contributed by atoms with E-state index in [4.69, 9.17) is 0 Å². The predicted octanol–water partition coefficient (Wildman–Crippen LogP) is 2.62. The van der Waals surface area contributed by atoms with Gasteiger partial charge in [-0.1, -0.05) is 25.2 Å². The second-order valence-electron chi connectivity index (χ2n) is 2.51. The molecule has 0 aliphatic heterocycles. The molecule has 0 radical (unpaired) electrons. The van der Waals surface area contributed by atoms with Crippen molar-refractivity contribution in [1.82, 2.24) is 0 Å². The van der Waals surface area contributed by atoms with E-state index in [1.807, 2.05) is 25.2 Å². The molecule has 0 amide bonds. The highest BCUT2D eigenvalue weighted by molar-refractivity contribution is 5.33. The van der Waals surface area contributed by atoms with E-state index in [1.54, 1.807) is 6.08 Å². The van der Waals surface area contributed by atoms with Crippen molar-refractivity contribution in [3.63, 3.8) is 0 Å². The molecule has 1 atom stereocenters. The fourth-order valence-electron chi connectivity index (χ4n) is 0.831. The van der Waals surface area contributed by atoms with Gasteiger partial charge in [0.1, 0.15) is 0 Å². The number of nitrogens with zero attached hydrogens (tertiary/aromatic N) is 1. The van der Waals surface area contributed by atoms with Crippen molar-refractivity contribution in [2.24, 2.45) is 4.99 Å². The normalized spacial score (nSPS) is 12.4. The number of hydrogen-bond acceptors (Lipinski definition) is 2. The van der Waals surface area contributed by atoms with Crippen LogP contribution < -0.4 is 0 Å². The number of hydrogen-bond donors (Lipinski definition) is 0. The van der Waals surface area contributed by atoms with Gasteiger partial charge in [0.2, 0.25) is 6.08 Å². The van der Waals surface area contributed by atoms with Gasteiger partial charge >= 0.3 is 0 Å². The second-order valence-corrected chi connectivity index (χ2v) is 2.51. The van der Waals surface area contributed by atoms with Crippen LogP contribution in [0.25, 0.3) is 0 Å². The maximum Gasteiger partial charge on any atom is 0.235 e. The molecular weight excluding hydrogens is 150 g/mol. The first-order valence-corrected chi connectivity index (χ1v) is 4.18. The molecule has 0 fully saturated rings. The van der Waals surface area contributed by atoms with Crippen LogP contribution in [0.15, 0.2) is 29.8 Å². The molecule has 0 N–H and O–H groups in total. The van der Waals surface area contributed by atoms with E-state index in [-0.39, 0.29) is 6.04 Å². The van der Waals surface area contributed by atoms with Crippen molar-refractivity contribution in [2.75, 3.05) is 0 Å². The van der Waals surface area contributed by atoms with E-state index in [0.29, 0.717) is 0 Å². The molecule has 0 rings (SSSR count). The number of allylic oxidation sites excluding steroid dienone is 2. The lowest BCUT2D eigenvalue weighted by Gasteiger charge is -2.01. The Balaban J connectivity index is 3.70. The monoisotopic (exact) mass is 165 g/mol. The fraction of sp³-hybridized carbons (Fsp3) is 0.500. The molecule has 0 aromatic heterocycles. The zero-order valence-electron chi connectivity index (χ0n) is 7.49. The second kappa shape index (κ2) is 7.96. The zero-order chi connectivity index (χ0) is 9.23. The van der Waals surface area contributed by atoms with Gasteiger partial charge in [-0.2, -0.15) is 0 Å². The Morgan fingerprint density at radius 3 is 2.83 bits per heavy atom. The molecule has 0 spiro atoms. The maximum absolute atomic E-state index is 9.93. The highest BCUT2D eigenvalue weighted by atomic mass is 16.1. The Morgan fingerprint density at radius 2 is 2.33 bits per heavy atom. The van der Waals surface area contributed by atoms with Gasteiger partial charge in [-0.25, -0.2) is 9.79 Å². The van der Waals surface area contributed by atoms with Gasteiger partial charge in [0.15, 0.2) is 0 Å². The first kappa shape index (κ1) is 10.9. The Bertz CT molecular complexity index is 190. The molecule has 0 bridgehead atoms. The molecule has 0 aromatic rings. The third-order valence-electron chi connectivity index (χ3n) is 1.58. The number of carbonyl (C=O) groups excluding carboxylic acids is 1. The minimum Gasteiger partial charge on any atom is -0.211 e. The van der Waals surface area contributed by atoms with Crippen LogP contribution in [0.2, 0.25) is 0 Å². The summed E-state index contributed by atoms with van der Waals surface area (Å²) in [5, 5.41) is 0. The highest BCUT2D eigenvalue weighted by Gasteiger charge is 1.98. The summed E-state index contributed by atoms with van der Waals surface area (Å²) in [7, 11) is 0. The van der Waals surface area contributed by atoms with Crippen LogP contribution in [0.3, 0.4) is 0 Å². The minimum atomic E-state index is 0.101. The third kappa shape index (κ3) is 5.63. The predicted molar refractivity (Wildman–Crippen MR) is 50.8 cm³/mol. The average molecular weight is 165 g/mol. The van der Waals surface area contributed by atoms with Crippen LogP contribution in [0.4, 0.5) is 0 Å². The highest BCUT2D eigenvalue weighted by Crippen LogP contribution is 2.03. The Morgan fingerprint density at radius 1 is 1.58 bits per heavy atom. The summed E-state index contributed by atoms with van der Waals surface area (Å²) >= 11 is 0. The van der Waals surface area contributed by atoms with E-state index in [1.165, 1.54) is 0 Å². The first-order valence-electron chi connectivity index (χ1n) is 4.18. The summed E-state index contributed by atoms with van der Waals surface area (Å²) in [6.45, 7) is 5.60. The molecule has 0 heterocycles.